The van der Waals surface area contributed by atoms with Crippen molar-refractivity contribution in [1.29, 1.82) is 0 Å². The summed E-state index contributed by atoms with van der Waals surface area (Å²) in [6.07, 6.45) is 0. The number of amides is 1. The van der Waals surface area contributed by atoms with E-state index in [1.54, 1.807) is 30.3 Å². The Bertz CT molecular complexity index is 1710. The molecule has 4 aromatic rings. The number of nitrogens with one attached hydrogen (secondary N) is 3. The van der Waals surface area contributed by atoms with Gasteiger partial charge < -0.3 is 5.32 Å². The van der Waals surface area contributed by atoms with Crippen molar-refractivity contribution in [3.8, 4) is 0 Å². The first-order valence-electron chi connectivity index (χ1n) is 11.3. The van der Waals surface area contributed by atoms with E-state index in [0.717, 1.165) is 11.1 Å². The number of carbonyl (C=O) groups is 1. The molecule has 0 radical (unpaired) electrons. The molecule has 4 aromatic carbocycles. The lowest BCUT2D eigenvalue weighted by atomic mass is 10.1. The van der Waals surface area contributed by atoms with Crippen LogP contribution < -0.4 is 14.8 Å². The van der Waals surface area contributed by atoms with Gasteiger partial charge in [0, 0.05) is 17.1 Å². The van der Waals surface area contributed by atoms with E-state index in [2.05, 4.69) is 14.8 Å². The fraction of sp³-hybridized carbons (Fsp3) is 0.0741. The minimum absolute atomic E-state index is 0.0177. The summed E-state index contributed by atoms with van der Waals surface area (Å²) < 4.78 is 55.8. The van der Waals surface area contributed by atoms with E-state index in [1.807, 2.05) is 19.9 Å². The van der Waals surface area contributed by atoms with Crippen LogP contribution in [0.25, 0.3) is 0 Å². The summed E-state index contributed by atoms with van der Waals surface area (Å²) in [6, 6.07) is 22.9. The van der Waals surface area contributed by atoms with Gasteiger partial charge in [-0.25, -0.2) is 16.8 Å². The molecular weight excluding hydrogens is 546 g/mol. The van der Waals surface area contributed by atoms with Gasteiger partial charge >= 0.3 is 0 Å². The van der Waals surface area contributed by atoms with Crippen molar-refractivity contribution < 1.29 is 21.6 Å². The van der Waals surface area contributed by atoms with Crippen molar-refractivity contribution in [3.05, 3.63) is 113 Å². The topological polar surface area (TPSA) is 121 Å². The van der Waals surface area contributed by atoms with Crippen LogP contribution in [-0.2, 0) is 20.0 Å². The van der Waals surface area contributed by atoms with E-state index in [1.165, 1.54) is 54.6 Å². The third-order valence-electron chi connectivity index (χ3n) is 5.70. The Labute approximate surface area is 226 Å². The van der Waals surface area contributed by atoms with Crippen molar-refractivity contribution in [3.63, 3.8) is 0 Å². The molecule has 1 amide bonds. The number of carbonyl (C=O) groups excluding carboxylic acids is 1. The fourth-order valence-electron chi connectivity index (χ4n) is 3.51. The van der Waals surface area contributed by atoms with Crippen LogP contribution in [0.2, 0.25) is 5.02 Å². The molecule has 3 N–H and O–H groups in total. The lowest BCUT2D eigenvalue weighted by Crippen LogP contribution is -2.16. The van der Waals surface area contributed by atoms with Crippen molar-refractivity contribution in [1.82, 2.24) is 0 Å². The number of aryl methyl sites for hydroxylation is 2. The van der Waals surface area contributed by atoms with Crippen LogP contribution in [0, 0.1) is 13.8 Å². The van der Waals surface area contributed by atoms with Gasteiger partial charge in [-0.2, -0.15) is 0 Å². The summed E-state index contributed by atoms with van der Waals surface area (Å²) in [7, 11) is -7.70. The molecule has 0 aliphatic heterocycles. The average molecular weight is 570 g/mol. The van der Waals surface area contributed by atoms with Crippen LogP contribution in [0.1, 0.15) is 21.5 Å². The maximum atomic E-state index is 12.9. The molecule has 0 aliphatic rings. The first-order valence-corrected chi connectivity index (χ1v) is 14.7. The normalized spacial score (nSPS) is 11.6. The van der Waals surface area contributed by atoms with Crippen molar-refractivity contribution >= 4 is 54.6 Å². The number of hydrogen-bond donors (Lipinski definition) is 3. The molecular formula is C27H24ClN3O5S2. The molecule has 0 spiro atoms. The minimum atomic E-state index is -3.86. The van der Waals surface area contributed by atoms with Gasteiger partial charge in [0.1, 0.15) is 0 Å². The van der Waals surface area contributed by atoms with Gasteiger partial charge in [0.25, 0.3) is 26.0 Å². The minimum Gasteiger partial charge on any atom is -0.322 e. The standard InChI is InChI=1S/C27H24ClN3O5S2/c1-18-8-9-21(16-19(18)2)30-38(35,36)24-13-10-20(11-14-24)29-27(32)25-17-22(12-15-26(25)28)31-37(33,34)23-6-4-3-5-7-23/h3-17,30-31H,1-2H3,(H,29,32). The van der Waals surface area contributed by atoms with E-state index in [4.69, 9.17) is 11.6 Å². The molecule has 0 saturated heterocycles. The predicted molar refractivity (Wildman–Crippen MR) is 150 cm³/mol. The summed E-state index contributed by atoms with van der Waals surface area (Å²) in [5.41, 5.74) is 2.97. The molecule has 8 nitrogen and oxygen atoms in total. The summed E-state index contributed by atoms with van der Waals surface area (Å²) in [5.74, 6) is -0.598. The smallest absolute Gasteiger partial charge is 0.261 e. The molecule has 11 heteroatoms. The molecule has 0 aromatic heterocycles. The molecule has 38 heavy (non-hydrogen) atoms. The first-order chi connectivity index (χ1) is 17.9. The second kappa shape index (κ2) is 10.9. The Hall–Kier alpha value is -3.86. The highest BCUT2D eigenvalue weighted by Crippen LogP contribution is 2.25. The largest absolute Gasteiger partial charge is 0.322 e. The zero-order valence-corrected chi connectivity index (χ0v) is 22.8. The second-order valence-corrected chi connectivity index (χ2v) is 12.3. The van der Waals surface area contributed by atoms with Gasteiger partial charge in [-0.15, -0.1) is 0 Å². The van der Waals surface area contributed by atoms with Crippen LogP contribution in [0.3, 0.4) is 0 Å². The monoisotopic (exact) mass is 569 g/mol. The number of rotatable bonds is 8. The SMILES string of the molecule is Cc1ccc(NS(=O)(=O)c2ccc(NC(=O)c3cc(NS(=O)(=O)c4ccccc4)ccc3Cl)cc2)cc1C. The van der Waals surface area contributed by atoms with Gasteiger partial charge in [0.2, 0.25) is 0 Å². The van der Waals surface area contributed by atoms with Crippen LogP contribution >= 0.6 is 11.6 Å². The number of anilines is 3. The Balaban J connectivity index is 1.48. The number of benzene rings is 4. The molecule has 0 fully saturated rings. The fourth-order valence-corrected chi connectivity index (χ4v) is 5.83. The van der Waals surface area contributed by atoms with Gasteiger partial charge in [-0.3, -0.25) is 14.2 Å². The maximum Gasteiger partial charge on any atom is 0.261 e. The predicted octanol–water partition coefficient (Wildman–Crippen LogP) is 5.81. The zero-order chi connectivity index (χ0) is 27.5. The molecule has 0 atom stereocenters. The number of sulfonamides is 2. The van der Waals surface area contributed by atoms with Gasteiger partial charge in [0.15, 0.2) is 0 Å². The summed E-state index contributed by atoms with van der Waals surface area (Å²) in [4.78, 5) is 13.0. The molecule has 0 heterocycles. The Morgan fingerprint density at radius 2 is 1.16 bits per heavy atom. The molecule has 0 saturated carbocycles. The zero-order valence-electron chi connectivity index (χ0n) is 20.4. The van der Waals surface area contributed by atoms with Crippen molar-refractivity contribution in [2.45, 2.75) is 23.6 Å². The van der Waals surface area contributed by atoms with E-state index < -0.39 is 26.0 Å². The second-order valence-electron chi connectivity index (χ2n) is 8.50. The van der Waals surface area contributed by atoms with E-state index in [-0.39, 0.29) is 26.1 Å². The Kier molecular flexibility index (Phi) is 7.77. The molecule has 4 rings (SSSR count). The lowest BCUT2D eigenvalue weighted by Gasteiger charge is -2.12. The quantitative estimate of drug-likeness (QED) is 0.247. The van der Waals surface area contributed by atoms with Crippen LogP contribution in [-0.4, -0.2) is 22.7 Å². The van der Waals surface area contributed by atoms with Gasteiger partial charge in [-0.1, -0.05) is 35.9 Å². The summed E-state index contributed by atoms with van der Waals surface area (Å²) in [5, 5.41) is 2.76. The summed E-state index contributed by atoms with van der Waals surface area (Å²) >= 11 is 6.20. The van der Waals surface area contributed by atoms with E-state index >= 15 is 0 Å². The van der Waals surface area contributed by atoms with E-state index in [0.29, 0.717) is 11.4 Å². The highest BCUT2D eigenvalue weighted by atomic mass is 35.5. The number of halogens is 1. The van der Waals surface area contributed by atoms with Gasteiger partial charge in [0.05, 0.1) is 20.4 Å². The highest BCUT2D eigenvalue weighted by Gasteiger charge is 2.18. The van der Waals surface area contributed by atoms with Crippen LogP contribution in [0.5, 0.6) is 0 Å². The highest BCUT2D eigenvalue weighted by molar-refractivity contribution is 7.93. The van der Waals surface area contributed by atoms with Crippen molar-refractivity contribution in [2.75, 3.05) is 14.8 Å². The average Bonchev–Trinajstić information content (AvgIpc) is 2.88. The van der Waals surface area contributed by atoms with Gasteiger partial charge in [-0.05, 0) is 91.7 Å². The molecule has 0 bridgehead atoms. The lowest BCUT2D eigenvalue weighted by molar-refractivity contribution is 0.102. The van der Waals surface area contributed by atoms with Crippen LogP contribution in [0.15, 0.2) is 101 Å². The third-order valence-corrected chi connectivity index (χ3v) is 8.82. The third kappa shape index (κ3) is 6.34. The Morgan fingerprint density at radius 1 is 0.632 bits per heavy atom. The molecule has 0 aliphatic carbocycles. The first kappa shape index (κ1) is 27.2. The maximum absolute atomic E-state index is 12.9. The van der Waals surface area contributed by atoms with Crippen LogP contribution in [0.4, 0.5) is 17.1 Å². The Morgan fingerprint density at radius 3 is 1.76 bits per heavy atom. The molecule has 196 valence electrons. The van der Waals surface area contributed by atoms with Crippen molar-refractivity contribution in [2.24, 2.45) is 0 Å². The van der Waals surface area contributed by atoms with E-state index in [9.17, 15) is 21.6 Å². The molecule has 0 unspecified atom stereocenters. The summed E-state index contributed by atoms with van der Waals surface area (Å²) in [6.45, 7) is 3.83. The number of hydrogen-bond acceptors (Lipinski definition) is 5.